The molecule has 3 N–H and O–H groups in total. The van der Waals surface area contributed by atoms with Gasteiger partial charge in [-0.3, -0.25) is 9.59 Å². The molecule has 0 saturated carbocycles. The van der Waals surface area contributed by atoms with E-state index in [0.717, 1.165) is 23.9 Å². The van der Waals surface area contributed by atoms with Crippen LogP contribution in [0.15, 0.2) is 35.3 Å². The summed E-state index contributed by atoms with van der Waals surface area (Å²) >= 11 is 0. The van der Waals surface area contributed by atoms with E-state index in [1.54, 1.807) is 24.3 Å². The molecule has 3 aromatic rings. The fraction of sp³-hybridized carbons (Fsp3) is 0.440. The third kappa shape index (κ3) is 6.32. The molecule has 12 nitrogen and oxygen atoms in total. The molecule has 0 bridgehead atoms. The maximum absolute atomic E-state index is 13.5. The summed E-state index contributed by atoms with van der Waals surface area (Å²) in [6.07, 6.45) is 4.38. The smallest absolute Gasteiger partial charge is 0.278 e. The number of piperidine rings is 1. The second-order valence-corrected chi connectivity index (χ2v) is 10.2. The molecule has 0 spiro atoms. The number of hydrogen-bond donors (Lipinski definition) is 3. The number of fused-ring (bicyclic) bond motifs is 1. The molecule has 0 atom stereocenters. The van der Waals surface area contributed by atoms with Gasteiger partial charge in [-0.15, -0.1) is 0 Å². The van der Waals surface area contributed by atoms with Gasteiger partial charge in [0.25, 0.3) is 5.56 Å². The summed E-state index contributed by atoms with van der Waals surface area (Å²) in [5.74, 6) is 1.81. The number of pyridine rings is 1. The molecule has 0 aliphatic carbocycles. The third-order valence-electron chi connectivity index (χ3n) is 6.61. The molecule has 0 radical (unpaired) electrons. The zero-order valence-corrected chi connectivity index (χ0v) is 22.5. The Labute approximate surface area is 221 Å². The number of methoxy groups -OCH3 is 3. The van der Waals surface area contributed by atoms with Gasteiger partial charge in [0.15, 0.2) is 19.9 Å². The molecule has 2 aromatic heterocycles. The van der Waals surface area contributed by atoms with Crippen molar-refractivity contribution in [1.82, 2.24) is 14.8 Å². The van der Waals surface area contributed by atoms with Gasteiger partial charge in [0.2, 0.25) is 11.8 Å². The number of ether oxygens (including phenoxy) is 3. The second-order valence-electron chi connectivity index (χ2n) is 8.99. The highest BCUT2D eigenvalue weighted by Gasteiger charge is 2.25. The van der Waals surface area contributed by atoms with Gasteiger partial charge in [0.1, 0.15) is 12.4 Å². The minimum absolute atomic E-state index is 0.290. The topological polar surface area (TPSA) is 148 Å². The van der Waals surface area contributed by atoms with Crippen LogP contribution in [-0.4, -0.2) is 71.0 Å². The molecule has 1 fully saturated rings. The van der Waals surface area contributed by atoms with E-state index in [1.165, 1.54) is 27.5 Å². The molecule has 13 heteroatoms. The van der Waals surface area contributed by atoms with Crippen LogP contribution >= 0.6 is 8.38 Å². The second kappa shape index (κ2) is 12.4. The molecular formula is C25H32N5O7P. The molecular weight excluding hydrogens is 513 g/mol. The normalized spacial score (nSPS) is 14.1. The van der Waals surface area contributed by atoms with Gasteiger partial charge < -0.3 is 34.2 Å². The number of benzene rings is 1. The highest BCUT2D eigenvalue weighted by molar-refractivity contribution is 7.45. The van der Waals surface area contributed by atoms with Crippen LogP contribution in [0.2, 0.25) is 0 Å². The molecule has 1 amide bonds. The lowest BCUT2D eigenvalue weighted by Crippen LogP contribution is -2.36. The Morgan fingerprint density at radius 1 is 1.11 bits per heavy atom. The highest BCUT2D eigenvalue weighted by Crippen LogP contribution is 2.33. The monoisotopic (exact) mass is 545 g/mol. The Morgan fingerprint density at radius 3 is 2.50 bits per heavy atom. The van der Waals surface area contributed by atoms with Crippen molar-refractivity contribution in [2.45, 2.75) is 25.8 Å². The van der Waals surface area contributed by atoms with Gasteiger partial charge in [-0.25, -0.2) is 4.68 Å². The largest absolute Gasteiger partial charge is 0.493 e. The van der Waals surface area contributed by atoms with Crippen LogP contribution in [0.4, 0.5) is 11.5 Å². The van der Waals surface area contributed by atoms with E-state index in [4.69, 9.17) is 14.2 Å². The van der Waals surface area contributed by atoms with E-state index in [0.29, 0.717) is 64.8 Å². The van der Waals surface area contributed by atoms with E-state index >= 15 is 0 Å². The Kier molecular flexibility index (Phi) is 8.98. The summed E-state index contributed by atoms with van der Waals surface area (Å²) in [7, 11) is 2.66. The Bertz CT molecular complexity index is 1340. The minimum Gasteiger partial charge on any atom is -0.493 e. The van der Waals surface area contributed by atoms with Crippen molar-refractivity contribution in [2.75, 3.05) is 50.8 Å². The van der Waals surface area contributed by atoms with Gasteiger partial charge in [-0.05, 0) is 37.3 Å². The maximum Gasteiger partial charge on any atom is 0.278 e. The van der Waals surface area contributed by atoms with Crippen LogP contribution < -0.4 is 30.0 Å². The predicted molar refractivity (Wildman–Crippen MR) is 144 cm³/mol. The first kappa shape index (κ1) is 27.6. The van der Waals surface area contributed by atoms with E-state index in [-0.39, 0.29) is 6.54 Å². The Hall–Kier alpha value is -3.47. The molecule has 4 rings (SSSR count). The zero-order chi connectivity index (χ0) is 27.2. The summed E-state index contributed by atoms with van der Waals surface area (Å²) in [5.41, 5.74) is 0.0647. The lowest BCUT2D eigenvalue weighted by molar-refractivity contribution is -0.117. The molecule has 1 aliphatic heterocycles. The molecule has 1 saturated heterocycles. The average molecular weight is 546 g/mol. The standard InChI is InChI=1S/C25H32N5O7P/c1-35-19-5-4-18(13-20(19)36-2)27-21(31)15-30-25(32)23-17(14-26-30)12-22(37-3)28-24(23)29-9-6-16(7-10-29)8-11-38(33)34/h4-5,12-14,16,33-34H,6-11,15H2,1-3H3,(H,27,31). The highest BCUT2D eigenvalue weighted by atomic mass is 31.2. The number of rotatable bonds is 10. The van der Waals surface area contributed by atoms with Gasteiger partial charge in [-0.2, -0.15) is 10.1 Å². The first-order chi connectivity index (χ1) is 18.3. The summed E-state index contributed by atoms with van der Waals surface area (Å²) in [6, 6.07) is 6.64. The number of carbonyl (C=O) groups excluding carboxylic acids is 1. The van der Waals surface area contributed by atoms with E-state index in [1.807, 2.05) is 4.90 Å². The lowest BCUT2D eigenvalue weighted by atomic mass is 9.94. The van der Waals surface area contributed by atoms with Crippen LogP contribution in [0, 0.1) is 5.92 Å². The number of nitrogens with one attached hydrogen (secondary N) is 1. The fourth-order valence-electron chi connectivity index (χ4n) is 4.59. The quantitative estimate of drug-likeness (QED) is 0.324. The number of aromatic nitrogens is 3. The van der Waals surface area contributed by atoms with Crippen molar-refractivity contribution in [2.24, 2.45) is 5.92 Å². The summed E-state index contributed by atoms with van der Waals surface area (Å²) in [5, 5.41) is 7.91. The molecule has 3 heterocycles. The van der Waals surface area contributed by atoms with Crippen molar-refractivity contribution in [3.8, 4) is 17.4 Å². The van der Waals surface area contributed by atoms with Crippen LogP contribution in [0.1, 0.15) is 19.3 Å². The molecule has 1 aliphatic rings. The van der Waals surface area contributed by atoms with Gasteiger partial charge >= 0.3 is 0 Å². The Balaban J connectivity index is 1.57. The van der Waals surface area contributed by atoms with Crippen LogP contribution in [0.25, 0.3) is 10.8 Å². The van der Waals surface area contributed by atoms with Crippen molar-refractivity contribution >= 4 is 36.6 Å². The molecule has 1 aromatic carbocycles. The fourth-order valence-corrected chi connectivity index (χ4v) is 5.19. The molecule has 38 heavy (non-hydrogen) atoms. The molecule has 0 unspecified atom stereocenters. The Morgan fingerprint density at radius 2 is 1.84 bits per heavy atom. The van der Waals surface area contributed by atoms with Crippen molar-refractivity contribution < 1.29 is 28.8 Å². The van der Waals surface area contributed by atoms with Crippen LogP contribution in [-0.2, 0) is 11.3 Å². The SMILES string of the molecule is COc1cc2cnn(CC(=O)Nc3ccc(OC)c(OC)c3)c(=O)c2c(N2CCC(CCP(O)O)CC2)n1. The summed E-state index contributed by atoms with van der Waals surface area (Å²) in [6.45, 7) is 1.04. The number of hydrogen-bond acceptors (Lipinski definition) is 10. The predicted octanol–water partition coefficient (Wildman–Crippen LogP) is 2.36. The van der Waals surface area contributed by atoms with Gasteiger partial charge in [0, 0.05) is 42.5 Å². The van der Waals surface area contributed by atoms with Gasteiger partial charge in [-0.1, -0.05) is 0 Å². The minimum atomic E-state index is -1.89. The number of anilines is 2. The van der Waals surface area contributed by atoms with Gasteiger partial charge in [0.05, 0.1) is 32.9 Å². The maximum atomic E-state index is 13.5. The van der Waals surface area contributed by atoms with E-state index < -0.39 is 19.8 Å². The number of nitrogens with zero attached hydrogens (tertiary/aromatic N) is 4. The zero-order valence-electron chi connectivity index (χ0n) is 21.6. The van der Waals surface area contributed by atoms with E-state index in [9.17, 15) is 19.4 Å². The average Bonchev–Trinajstić information content (AvgIpc) is 2.93. The third-order valence-corrected chi connectivity index (χ3v) is 7.27. The van der Waals surface area contributed by atoms with Crippen molar-refractivity contribution in [3.63, 3.8) is 0 Å². The van der Waals surface area contributed by atoms with Crippen molar-refractivity contribution in [1.29, 1.82) is 0 Å². The number of carbonyl (C=O) groups is 1. The lowest BCUT2D eigenvalue weighted by Gasteiger charge is -2.33. The first-order valence-electron chi connectivity index (χ1n) is 12.2. The number of amides is 1. The summed E-state index contributed by atoms with van der Waals surface area (Å²) < 4.78 is 17.0. The summed E-state index contributed by atoms with van der Waals surface area (Å²) in [4.78, 5) is 51.4. The van der Waals surface area contributed by atoms with E-state index in [2.05, 4.69) is 15.4 Å². The first-order valence-corrected chi connectivity index (χ1v) is 13.6. The molecule has 204 valence electrons. The van der Waals surface area contributed by atoms with Crippen LogP contribution in [0.3, 0.4) is 0 Å². The van der Waals surface area contributed by atoms with Crippen molar-refractivity contribution in [3.05, 3.63) is 40.8 Å². The van der Waals surface area contributed by atoms with Crippen LogP contribution in [0.5, 0.6) is 17.4 Å².